The van der Waals surface area contributed by atoms with E-state index in [2.05, 4.69) is 49.4 Å². The first-order valence-electron chi connectivity index (χ1n) is 7.67. The van der Waals surface area contributed by atoms with E-state index in [0.717, 1.165) is 12.8 Å². The third kappa shape index (κ3) is 8.47. The molecule has 0 aliphatic heterocycles. The van der Waals surface area contributed by atoms with Crippen molar-refractivity contribution in [1.82, 2.24) is 0 Å². The predicted molar refractivity (Wildman–Crippen MR) is 123 cm³/mol. The monoisotopic (exact) mass is 527 g/mol. The number of hydrogen-bond acceptors (Lipinski definition) is 0. The van der Waals surface area contributed by atoms with Crippen LogP contribution in [0.1, 0.15) is 30.9 Å². The largest absolute Gasteiger partial charge is 0.358 e. The normalized spacial score (nSPS) is 9.74. The summed E-state index contributed by atoms with van der Waals surface area (Å²) in [5.74, 6) is 0. The van der Waals surface area contributed by atoms with Crippen LogP contribution in [0.5, 0.6) is 0 Å². The van der Waals surface area contributed by atoms with E-state index in [1.807, 2.05) is 30.3 Å². The molecule has 3 aromatic carbocycles. The Morgan fingerprint density at radius 1 is 0.852 bits per heavy atom. The summed E-state index contributed by atoms with van der Waals surface area (Å²) in [6.45, 7) is 2.23. The maximum atomic E-state index is 3.51. The minimum atomic E-state index is 0. The van der Waals surface area contributed by atoms with E-state index in [-0.39, 0.29) is 63.0 Å². The summed E-state index contributed by atoms with van der Waals surface area (Å²) in [6, 6.07) is 23.2. The molecule has 0 aromatic heterocycles. The Hall–Kier alpha value is -1.34. The van der Waals surface area contributed by atoms with Crippen LogP contribution in [0.2, 0.25) is 0 Å². The summed E-state index contributed by atoms with van der Waals surface area (Å²) in [5.41, 5.74) is 4.30. The Morgan fingerprint density at radius 2 is 1.41 bits per heavy atom. The summed E-state index contributed by atoms with van der Waals surface area (Å²) in [5, 5.41) is 2.69. The van der Waals surface area contributed by atoms with Gasteiger partial charge in [-0.2, -0.15) is 23.8 Å². The number of benzene rings is 2. The minimum Gasteiger partial charge on any atom is -0.358 e. The van der Waals surface area contributed by atoms with Crippen molar-refractivity contribution in [2.45, 2.75) is 26.2 Å². The molecule has 0 fully saturated rings. The van der Waals surface area contributed by atoms with Crippen molar-refractivity contribution in [1.29, 1.82) is 0 Å². The topological polar surface area (TPSA) is 0 Å². The van der Waals surface area contributed by atoms with Gasteiger partial charge in [0.25, 0.3) is 0 Å². The molecule has 1 heteroatoms. The average Bonchev–Trinajstić information content (AvgIpc) is 3.19. The van der Waals surface area contributed by atoms with Crippen LogP contribution in [0.15, 0.2) is 66.7 Å². The molecule has 4 rings (SSSR count). The number of rotatable bonds is 2. The van der Waals surface area contributed by atoms with E-state index in [1.165, 1.54) is 33.9 Å². The Morgan fingerprint density at radius 3 is 1.89 bits per heavy atom. The van der Waals surface area contributed by atoms with Crippen LogP contribution in [0, 0.1) is 43.2 Å². The maximum absolute atomic E-state index is 3.51. The van der Waals surface area contributed by atoms with Gasteiger partial charge in [-0.25, -0.2) is 17.7 Å². The Labute approximate surface area is 188 Å². The maximum Gasteiger partial charge on any atom is 0 e. The average molecular weight is 526 g/mol. The molecular weight excluding hydrogens is 491 g/mol. The van der Waals surface area contributed by atoms with E-state index in [9.17, 15) is 0 Å². The first kappa shape index (κ1) is 33.3. The Balaban J connectivity index is -0.000000214. The SMILES string of the molecule is CCCC1=[C-]Cc2cc3ccccc3cc21.[CH3-].[CH3-].[CH3-].[CH3-].[CH3-].[Hf].c1cc[cH-]c1. The zero-order chi connectivity index (χ0) is 14.5. The summed E-state index contributed by atoms with van der Waals surface area (Å²) in [6.07, 6.45) is 6.87. The summed E-state index contributed by atoms with van der Waals surface area (Å²) in [7, 11) is 0. The van der Waals surface area contributed by atoms with E-state index < -0.39 is 0 Å². The van der Waals surface area contributed by atoms with Gasteiger partial charge in [0.05, 0.1) is 0 Å². The molecule has 0 atom stereocenters. The quantitative estimate of drug-likeness (QED) is 0.234. The van der Waals surface area contributed by atoms with Crippen LogP contribution in [0.4, 0.5) is 0 Å². The molecule has 0 nitrogen and oxygen atoms in total. The molecule has 27 heavy (non-hydrogen) atoms. The van der Waals surface area contributed by atoms with Gasteiger partial charge in [0.2, 0.25) is 0 Å². The molecule has 0 bridgehead atoms. The van der Waals surface area contributed by atoms with Crippen molar-refractivity contribution < 1.29 is 25.8 Å². The van der Waals surface area contributed by atoms with Gasteiger partial charge in [0.1, 0.15) is 0 Å². The van der Waals surface area contributed by atoms with Crippen LogP contribution in [0.25, 0.3) is 16.3 Å². The number of fused-ring (bicyclic) bond motifs is 2. The second kappa shape index (κ2) is 16.8. The van der Waals surface area contributed by atoms with E-state index in [4.69, 9.17) is 0 Å². The molecule has 0 saturated heterocycles. The fraction of sp³-hybridized carbons (Fsp3) is 0.154. The summed E-state index contributed by atoms with van der Waals surface area (Å²) >= 11 is 0. The smallest absolute Gasteiger partial charge is 0 e. The molecule has 0 amide bonds. The summed E-state index contributed by atoms with van der Waals surface area (Å²) < 4.78 is 0. The van der Waals surface area contributed by atoms with Crippen LogP contribution >= 0.6 is 0 Å². The molecule has 1 aliphatic rings. The minimum absolute atomic E-state index is 0. The molecule has 0 spiro atoms. The summed E-state index contributed by atoms with van der Waals surface area (Å²) in [4.78, 5) is 0. The van der Waals surface area contributed by atoms with Gasteiger partial charge in [0.15, 0.2) is 0 Å². The van der Waals surface area contributed by atoms with Crippen molar-refractivity contribution in [2.24, 2.45) is 0 Å². The number of hydrogen-bond donors (Lipinski definition) is 0. The van der Waals surface area contributed by atoms with Gasteiger partial charge < -0.3 is 37.1 Å². The Kier molecular flexibility index (Phi) is 20.7. The van der Waals surface area contributed by atoms with Crippen LogP contribution < -0.4 is 0 Å². The molecule has 0 heterocycles. The van der Waals surface area contributed by atoms with Crippen LogP contribution in [-0.4, -0.2) is 0 Å². The fourth-order valence-corrected chi connectivity index (χ4v) is 2.81. The van der Waals surface area contributed by atoms with Crippen molar-refractivity contribution in [3.63, 3.8) is 0 Å². The Bertz CT molecular complexity index is 719. The third-order valence-electron chi connectivity index (χ3n) is 3.84. The molecule has 0 saturated carbocycles. The second-order valence-corrected chi connectivity index (χ2v) is 5.40. The van der Waals surface area contributed by atoms with Gasteiger partial charge in [0, 0.05) is 25.8 Å². The molecule has 1 aliphatic carbocycles. The molecular formula is C26H35Hf-7. The van der Waals surface area contributed by atoms with Gasteiger partial charge >= 0.3 is 0 Å². The van der Waals surface area contributed by atoms with Crippen molar-refractivity contribution >= 4 is 16.3 Å². The molecule has 3 aromatic rings. The van der Waals surface area contributed by atoms with Gasteiger partial charge in [-0.05, 0) is 10.8 Å². The fourth-order valence-electron chi connectivity index (χ4n) is 2.81. The zero-order valence-corrected chi connectivity index (χ0v) is 21.6. The van der Waals surface area contributed by atoms with E-state index in [0.29, 0.717) is 0 Å². The van der Waals surface area contributed by atoms with Crippen LogP contribution in [-0.2, 0) is 32.3 Å². The van der Waals surface area contributed by atoms with Gasteiger partial charge in [-0.15, -0.1) is 18.1 Å². The first-order chi connectivity index (χ1) is 10.4. The van der Waals surface area contributed by atoms with Crippen LogP contribution in [0.3, 0.4) is 0 Å². The van der Waals surface area contributed by atoms with E-state index in [1.54, 1.807) is 0 Å². The number of allylic oxidation sites excluding steroid dienone is 2. The van der Waals surface area contributed by atoms with Crippen molar-refractivity contribution in [2.75, 3.05) is 0 Å². The molecule has 0 unspecified atom stereocenters. The van der Waals surface area contributed by atoms with Crippen molar-refractivity contribution in [3.05, 3.63) is 121 Å². The first-order valence-corrected chi connectivity index (χ1v) is 7.67. The zero-order valence-electron chi connectivity index (χ0n) is 18.0. The van der Waals surface area contributed by atoms with Gasteiger partial charge in [-0.1, -0.05) is 50.1 Å². The molecule has 150 valence electrons. The standard InChI is InChI=1S/C16H15.C5H5.5CH3.Hf/c1-2-5-12-8-9-15-10-13-6-3-4-7-14(13)11-16(12)15;1-2-4-5-3-1;;;;;;/h3-4,6-7,10-11H,2,5,9H2,1H3;1-5H;5*1H3;/q7*-1;. The second-order valence-electron chi connectivity index (χ2n) is 5.40. The molecule has 0 N–H and O–H groups in total. The third-order valence-corrected chi connectivity index (χ3v) is 3.84. The molecule has 0 radical (unpaired) electrons. The van der Waals surface area contributed by atoms with Crippen molar-refractivity contribution in [3.8, 4) is 0 Å². The van der Waals surface area contributed by atoms with E-state index >= 15 is 0 Å². The predicted octanol–water partition coefficient (Wildman–Crippen LogP) is 8.04. The van der Waals surface area contributed by atoms with Gasteiger partial charge in [-0.3, -0.25) is 6.08 Å².